The van der Waals surface area contributed by atoms with Gasteiger partial charge in [0.05, 0.1) is 25.2 Å². The molecule has 0 spiro atoms. The Morgan fingerprint density at radius 1 is 0.548 bits per heavy atom. The molecule has 62 heavy (non-hydrogen) atoms. The van der Waals surface area contributed by atoms with Gasteiger partial charge in [-0.05, 0) is 70.7 Å². The Labute approximate surface area is 365 Å². The number of nitrogens with zero attached hydrogens (tertiary/aromatic N) is 6. The number of likely N-dealkylation sites (N-methyl/N-ethyl adjacent to an activating group) is 2. The zero-order chi connectivity index (χ0) is 43.3. The van der Waals surface area contributed by atoms with Crippen LogP contribution in [0.4, 0.5) is 8.78 Å². The van der Waals surface area contributed by atoms with E-state index >= 15 is 8.78 Å². The summed E-state index contributed by atoms with van der Waals surface area (Å²) in [6.45, 7) is 11.2. The predicted octanol–water partition coefficient (Wildman–Crippen LogP) is 9.77. The number of carbonyl (C=O) groups excluding carboxylic acids is 2. The van der Waals surface area contributed by atoms with Gasteiger partial charge in [-0.25, -0.2) is 8.78 Å². The molecule has 8 rings (SSSR count). The summed E-state index contributed by atoms with van der Waals surface area (Å²) in [5, 5.41) is 0. The molecule has 0 unspecified atom stereocenters. The lowest BCUT2D eigenvalue weighted by molar-refractivity contribution is -0.138. The topological polar surface area (TPSA) is 71.8 Å². The molecule has 4 aliphatic heterocycles. The van der Waals surface area contributed by atoms with Crippen molar-refractivity contribution in [3.05, 3.63) is 144 Å². The summed E-state index contributed by atoms with van der Waals surface area (Å²) in [5.41, 5.74) is 9.85. The van der Waals surface area contributed by atoms with Crippen LogP contribution in [0, 0.1) is 0 Å². The fourth-order valence-corrected chi connectivity index (χ4v) is 9.88. The maximum atomic E-state index is 15.1. The fraction of sp³-hybridized carbons (Fsp3) is 0.385. The molecule has 2 fully saturated rings. The van der Waals surface area contributed by atoms with Gasteiger partial charge in [0, 0.05) is 49.5 Å². The van der Waals surface area contributed by atoms with E-state index in [1.807, 2.05) is 73.1 Å². The number of halogens is 2. The minimum Gasteiger partial charge on any atom is -0.330 e. The van der Waals surface area contributed by atoms with Crippen LogP contribution in [0.2, 0.25) is 0 Å². The lowest BCUT2D eigenvalue weighted by atomic mass is 9.94. The van der Waals surface area contributed by atoms with Crippen molar-refractivity contribution in [2.45, 2.75) is 89.9 Å². The van der Waals surface area contributed by atoms with Crippen molar-refractivity contribution in [2.24, 2.45) is 9.98 Å². The third-order valence-corrected chi connectivity index (χ3v) is 13.2. The van der Waals surface area contributed by atoms with Gasteiger partial charge in [-0.2, -0.15) is 0 Å². The monoisotopic (exact) mass is 836 g/mol. The van der Waals surface area contributed by atoms with Gasteiger partial charge >= 0.3 is 0 Å². The molecule has 8 nitrogen and oxygen atoms in total. The number of likely N-dealkylation sites (tertiary alicyclic amines) is 2. The van der Waals surface area contributed by atoms with Crippen LogP contribution >= 0.6 is 0 Å². The number of carbonyl (C=O) groups is 2. The summed E-state index contributed by atoms with van der Waals surface area (Å²) >= 11 is 0. The Bertz CT molecular complexity index is 2160. The Kier molecular flexibility index (Phi) is 13.4. The van der Waals surface area contributed by atoms with E-state index in [1.165, 1.54) is 0 Å². The van der Waals surface area contributed by atoms with Crippen LogP contribution in [0.25, 0.3) is 22.3 Å². The van der Waals surface area contributed by atoms with Crippen molar-refractivity contribution in [3.8, 4) is 11.1 Å². The molecule has 2 amide bonds. The Balaban J connectivity index is 0.896. The SMILES string of the molecule is CCN(CC)[C@@H](C(=O)N1C[C@H](F)C[C@H]1C1=NC=C(c2ccc(-c3ccc(C4=CN=C([C@@H]5C[C@@H](F)CN5C(=O)[C@@H](c5ccccc5)N(CC)CC)C4)cc3)cc2)C1)c1ccccc1. The van der Waals surface area contributed by atoms with Gasteiger partial charge in [0.15, 0.2) is 0 Å². The molecule has 6 atom stereocenters. The smallest absolute Gasteiger partial charge is 0.245 e. The second-order valence-electron chi connectivity index (χ2n) is 16.8. The highest BCUT2D eigenvalue weighted by Gasteiger charge is 2.44. The second-order valence-corrected chi connectivity index (χ2v) is 16.8. The van der Waals surface area contributed by atoms with Gasteiger partial charge in [-0.3, -0.25) is 29.4 Å². The molecule has 4 aromatic carbocycles. The van der Waals surface area contributed by atoms with E-state index in [1.54, 1.807) is 9.80 Å². The molecule has 0 bridgehead atoms. The zero-order valence-corrected chi connectivity index (χ0v) is 36.3. The van der Waals surface area contributed by atoms with E-state index in [4.69, 9.17) is 9.98 Å². The van der Waals surface area contributed by atoms with Crippen LogP contribution in [0.15, 0.2) is 132 Å². The molecule has 10 heteroatoms. The third kappa shape index (κ3) is 8.86. The average Bonchev–Trinajstić information content (AvgIpc) is 4.15. The van der Waals surface area contributed by atoms with Gasteiger partial charge < -0.3 is 9.80 Å². The standard InChI is InChI=1S/C52H58F2N6O2/c1-5-57(6-2)49(39-15-11-9-12-16-39)51(61)59-33-43(53)29-47(59)45-27-41(31-55-45)37-23-19-35(20-24-37)36-21-25-38(26-22-36)42-28-46(56-32-42)48-30-44(54)34-60(48)52(62)50(58(7-3)8-4)40-17-13-10-14-18-40/h9-26,31-32,43-44,47-50H,5-8,27-30,33-34H2,1-4H3/t43-,44-,47+,48+,49-,50-/m1/s1. The third-order valence-electron chi connectivity index (χ3n) is 13.2. The van der Waals surface area contributed by atoms with Crippen LogP contribution in [-0.2, 0) is 9.59 Å². The van der Waals surface area contributed by atoms with Crippen LogP contribution in [0.3, 0.4) is 0 Å². The van der Waals surface area contributed by atoms with Gasteiger partial charge in [-0.15, -0.1) is 0 Å². The first-order valence-electron chi connectivity index (χ1n) is 22.4. The molecule has 0 N–H and O–H groups in total. The summed E-state index contributed by atoms with van der Waals surface area (Å²) in [5.74, 6) is -0.140. The number of amides is 2. The van der Waals surface area contributed by atoms with E-state index in [9.17, 15) is 9.59 Å². The largest absolute Gasteiger partial charge is 0.330 e. The summed E-state index contributed by atoms with van der Waals surface area (Å²) in [6.07, 6.45) is 3.21. The second kappa shape index (κ2) is 19.2. The number of hydrogen-bond donors (Lipinski definition) is 0. The first-order chi connectivity index (χ1) is 30.2. The Morgan fingerprint density at radius 3 is 1.23 bits per heavy atom. The molecule has 0 aromatic heterocycles. The molecule has 0 aliphatic carbocycles. The molecule has 0 radical (unpaired) electrons. The van der Waals surface area contributed by atoms with Crippen molar-refractivity contribution in [3.63, 3.8) is 0 Å². The first-order valence-corrected chi connectivity index (χ1v) is 22.4. The molecule has 4 heterocycles. The molecule has 322 valence electrons. The van der Waals surface area contributed by atoms with Crippen molar-refractivity contribution < 1.29 is 18.4 Å². The highest BCUT2D eigenvalue weighted by atomic mass is 19.1. The molecule has 0 saturated carbocycles. The van der Waals surface area contributed by atoms with Crippen molar-refractivity contribution >= 4 is 34.4 Å². The van der Waals surface area contributed by atoms with Crippen LogP contribution in [0.1, 0.15) is 87.7 Å². The highest BCUT2D eigenvalue weighted by molar-refractivity contribution is 6.05. The molecule has 4 aliphatic rings. The Morgan fingerprint density at radius 2 is 0.887 bits per heavy atom. The minimum absolute atomic E-state index is 0.0701. The van der Waals surface area contributed by atoms with Gasteiger partial charge in [0.2, 0.25) is 11.8 Å². The molecule has 2 saturated heterocycles. The van der Waals surface area contributed by atoms with E-state index in [2.05, 4.69) is 86.0 Å². The number of benzene rings is 4. The molecule has 4 aromatic rings. The lowest BCUT2D eigenvalue weighted by Crippen LogP contribution is -2.47. The van der Waals surface area contributed by atoms with Crippen LogP contribution in [0.5, 0.6) is 0 Å². The van der Waals surface area contributed by atoms with E-state index < -0.39 is 24.4 Å². The average molecular weight is 837 g/mol. The maximum Gasteiger partial charge on any atom is 0.245 e. The lowest BCUT2D eigenvalue weighted by Gasteiger charge is -2.34. The highest BCUT2D eigenvalue weighted by Crippen LogP contribution is 2.37. The van der Waals surface area contributed by atoms with Crippen molar-refractivity contribution in [1.29, 1.82) is 0 Å². The molecular weight excluding hydrogens is 779 g/mol. The predicted molar refractivity (Wildman–Crippen MR) is 246 cm³/mol. The normalized spacial score (nSPS) is 22.2. The van der Waals surface area contributed by atoms with Crippen molar-refractivity contribution in [2.75, 3.05) is 39.3 Å². The summed E-state index contributed by atoms with van der Waals surface area (Å²) < 4.78 is 30.3. The van der Waals surface area contributed by atoms with Gasteiger partial charge in [0.25, 0.3) is 0 Å². The van der Waals surface area contributed by atoms with Gasteiger partial charge in [0.1, 0.15) is 24.4 Å². The quantitative estimate of drug-likeness (QED) is 0.120. The number of hydrogen-bond acceptors (Lipinski definition) is 6. The fourth-order valence-electron chi connectivity index (χ4n) is 9.88. The van der Waals surface area contributed by atoms with Crippen LogP contribution < -0.4 is 0 Å². The van der Waals surface area contributed by atoms with Crippen molar-refractivity contribution in [1.82, 2.24) is 19.6 Å². The van der Waals surface area contributed by atoms with Crippen LogP contribution in [-0.4, -0.2) is 107 Å². The summed E-state index contributed by atoms with van der Waals surface area (Å²) in [4.78, 5) is 45.9. The maximum absolute atomic E-state index is 15.1. The Hall–Kier alpha value is -5.58. The number of allylic oxidation sites excluding steroid dienone is 2. The number of rotatable bonds is 15. The van der Waals surface area contributed by atoms with E-state index in [-0.39, 0.29) is 49.8 Å². The van der Waals surface area contributed by atoms with Gasteiger partial charge in [-0.1, -0.05) is 137 Å². The first kappa shape index (κ1) is 43.1. The van der Waals surface area contributed by atoms with E-state index in [0.717, 1.165) is 56.0 Å². The zero-order valence-electron chi connectivity index (χ0n) is 36.3. The summed E-state index contributed by atoms with van der Waals surface area (Å²) in [7, 11) is 0. The minimum atomic E-state index is -1.10. The molecular formula is C52H58F2N6O2. The number of alkyl halides is 2. The number of aliphatic imine (C=N–C) groups is 2. The summed E-state index contributed by atoms with van der Waals surface area (Å²) in [6, 6.07) is 34.7. The van der Waals surface area contributed by atoms with E-state index in [0.29, 0.717) is 39.0 Å².